The standard InChI is InChI=1S/C27H28ClN3O4/c1-34-17-23-12-20-10-19(15-30-6-8-35-9-7-30)11-24-26(20)31(23)16-21(27(24)33)13-25(32)29-14-18-2-4-22(28)5-3-18/h2-5,10-12,16H,6-9,13-15,17H2,1H3,(H,29,32). The van der Waals surface area contributed by atoms with Gasteiger partial charge in [0.1, 0.15) is 0 Å². The largest absolute Gasteiger partial charge is 0.379 e. The molecule has 1 N–H and O–H groups in total. The minimum atomic E-state index is -0.204. The molecule has 0 aliphatic carbocycles. The maximum absolute atomic E-state index is 13.5. The number of benzene rings is 2. The van der Waals surface area contributed by atoms with Gasteiger partial charge < -0.3 is 19.2 Å². The number of nitrogens with one attached hydrogen (secondary N) is 1. The van der Waals surface area contributed by atoms with Gasteiger partial charge in [0, 0.05) is 66.5 Å². The highest BCUT2D eigenvalue weighted by atomic mass is 35.5. The molecule has 1 aliphatic rings. The average molecular weight is 494 g/mol. The summed E-state index contributed by atoms with van der Waals surface area (Å²) in [5.41, 5.74) is 4.20. The lowest BCUT2D eigenvalue weighted by Crippen LogP contribution is -2.35. The Morgan fingerprint density at radius 1 is 1.11 bits per heavy atom. The van der Waals surface area contributed by atoms with E-state index in [1.807, 2.05) is 22.6 Å². The number of morpholine rings is 1. The van der Waals surface area contributed by atoms with Crippen molar-refractivity contribution < 1.29 is 14.3 Å². The van der Waals surface area contributed by atoms with Crippen LogP contribution >= 0.6 is 11.6 Å². The van der Waals surface area contributed by atoms with Gasteiger partial charge in [-0.1, -0.05) is 23.7 Å². The Morgan fingerprint density at radius 3 is 2.63 bits per heavy atom. The Labute approximate surface area is 208 Å². The molecule has 1 amide bonds. The lowest BCUT2D eigenvalue weighted by Gasteiger charge is -2.26. The van der Waals surface area contributed by atoms with Crippen molar-refractivity contribution in [2.45, 2.75) is 26.1 Å². The topological polar surface area (TPSA) is 72.3 Å². The van der Waals surface area contributed by atoms with E-state index in [4.69, 9.17) is 21.1 Å². The molecule has 1 aliphatic heterocycles. The van der Waals surface area contributed by atoms with Gasteiger partial charge in [-0.25, -0.2) is 0 Å². The third kappa shape index (κ3) is 5.18. The number of halogens is 1. The first-order valence-corrected chi connectivity index (χ1v) is 12.1. The van der Waals surface area contributed by atoms with Gasteiger partial charge in [-0.15, -0.1) is 0 Å². The number of carbonyl (C=O) groups is 1. The summed E-state index contributed by atoms with van der Waals surface area (Å²) in [6, 6.07) is 13.5. The lowest BCUT2D eigenvalue weighted by molar-refractivity contribution is -0.120. The number of amides is 1. The summed E-state index contributed by atoms with van der Waals surface area (Å²) in [4.78, 5) is 28.6. The predicted molar refractivity (Wildman–Crippen MR) is 136 cm³/mol. The first-order valence-electron chi connectivity index (χ1n) is 11.7. The second kappa shape index (κ2) is 10.3. The molecule has 0 atom stereocenters. The van der Waals surface area contributed by atoms with E-state index in [1.165, 1.54) is 0 Å². The molecule has 4 aromatic rings. The molecule has 0 saturated carbocycles. The Balaban J connectivity index is 1.45. The van der Waals surface area contributed by atoms with E-state index in [0.717, 1.165) is 60.6 Å². The highest BCUT2D eigenvalue weighted by Gasteiger charge is 2.19. The van der Waals surface area contributed by atoms with E-state index in [-0.39, 0.29) is 17.8 Å². The monoisotopic (exact) mass is 493 g/mol. The zero-order valence-electron chi connectivity index (χ0n) is 19.7. The Hall–Kier alpha value is -2.97. The number of pyridine rings is 1. The number of rotatable bonds is 8. The SMILES string of the molecule is COCc1cc2cc(CN3CCOCC3)cc3c(=O)c(CC(=O)NCc4ccc(Cl)cc4)cn1c23. The van der Waals surface area contributed by atoms with Crippen LogP contribution in [0.2, 0.25) is 5.02 Å². The summed E-state index contributed by atoms with van der Waals surface area (Å²) in [6.07, 6.45) is 1.79. The number of nitrogens with zero attached hydrogens (tertiary/aromatic N) is 2. The molecule has 1 saturated heterocycles. The fourth-order valence-electron chi connectivity index (χ4n) is 4.73. The van der Waals surface area contributed by atoms with Crippen LogP contribution in [0.15, 0.2) is 53.5 Å². The summed E-state index contributed by atoms with van der Waals surface area (Å²) in [7, 11) is 1.65. The predicted octanol–water partition coefficient (Wildman–Crippen LogP) is 3.38. The second-order valence-corrected chi connectivity index (χ2v) is 9.41. The van der Waals surface area contributed by atoms with E-state index < -0.39 is 0 Å². The molecular weight excluding hydrogens is 466 g/mol. The van der Waals surface area contributed by atoms with Crippen LogP contribution in [0, 0.1) is 0 Å². The maximum Gasteiger partial charge on any atom is 0.224 e. The number of carbonyl (C=O) groups excluding carboxylic acids is 1. The van der Waals surface area contributed by atoms with Crippen LogP contribution in [0.1, 0.15) is 22.4 Å². The van der Waals surface area contributed by atoms with Crippen LogP contribution in [0.4, 0.5) is 0 Å². The van der Waals surface area contributed by atoms with Crippen molar-refractivity contribution in [3.8, 4) is 0 Å². The molecule has 35 heavy (non-hydrogen) atoms. The van der Waals surface area contributed by atoms with Gasteiger partial charge in [0.25, 0.3) is 0 Å². The number of methoxy groups -OCH3 is 1. The van der Waals surface area contributed by atoms with Crippen molar-refractivity contribution >= 4 is 33.8 Å². The van der Waals surface area contributed by atoms with Gasteiger partial charge in [0.15, 0.2) is 5.43 Å². The summed E-state index contributed by atoms with van der Waals surface area (Å²) in [6.45, 7) is 4.73. The van der Waals surface area contributed by atoms with Crippen molar-refractivity contribution in [1.29, 1.82) is 0 Å². The van der Waals surface area contributed by atoms with Crippen LogP contribution < -0.4 is 10.7 Å². The number of hydrogen-bond acceptors (Lipinski definition) is 5. The van der Waals surface area contributed by atoms with E-state index in [0.29, 0.717) is 29.1 Å². The molecule has 0 radical (unpaired) electrons. The lowest BCUT2D eigenvalue weighted by atomic mass is 10.0. The van der Waals surface area contributed by atoms with Gasteiger partial charge in [-0.2, -0.15) is 0 Å². The molecule has 0 spiro atoms. The number of aromatic nitrogens is 1. The quantitative estimate of drug-likeness (QED) is 0.407. The van der Waals surface area contributed by atoms with Crippen LogP contribution in [-0.4, -0.2) is 48.6 Å². The molecule has 2 aromatic heterocycles. The van der Waals surface area contributed by atoms with Gasteiger partial charge in [-0.05, 0) is 41.5 Å². The summed E-state index contributed by atoms with van der Waals surface area (Å²) in [5, 5.41) is 5.20. The number of ether oxygens (including phenoxy) is 2. The van der Waals surface area contributed by atoms with Gasteiger partial charge >= 0.3 is 0 Å². The molecule has 2 aromatic carbocycles. The third-order valence-corrected chi connectivity index (χ3v) is 6.70. The van der Waals surface area contributed by atoms with Crippen LogP contribution in [-0.2, 0) is 40.4 Å². The van der Waals surface area contributed by atoms with Gasteiger partial charge in [-0.3, -0.25) is 14.5 Å². The molecule has 7 nitrogen and oxygen atoms in total. The normalized spacial score (nSPS) is 14.7. The minimum Gasteiger partial charge on any atom is -0.379 e. The molecular formula is C27H28ClN3O4. The van der Waals surface area contributed by atoms with Crippen molar-refractivity contribution in [1.82, 2.24) is 14.6 Å². The minimum absolute atomic E-state index is 0.00561. The third-order valence-electron chi connectivity index (χ3n) is 6.45. The summed E-state index contributed by atoms with van der Waals surface area (Å²) >= 11 is 5.93. The van der Waals surface area contributed by atoms with E-state index in [2.05, 4.69) is 22.3 Å². The highest BCUT2D eigenvalue weighted by Crippen LogP contribution is 2.27. The molecule has 1 fully saturated rings. The molecule has 182 valence electrons. The summed E-state index contributed by atoms with van der Waals surface area (Å²) in [5.74, 6) is -0.204. The zero-order chi connectivity index (χ0) is 24.4. The second-order valence-electron chi connectivity index (χ2n) is 8.97. The Morgan fingerprint density at radius 2 is 1.89 bits per heavy atom. The smallest absolute Gasteiger partial charge is 0.224 e. The average Bonchev–Trinajstić information content (AvgIpc) is 3.19. The van der Waals surface area contributed by atoms with E-state index in [1.54, 1.807) is 25.4 Å². The van der Waals surface area contributed by atoms with E-state index in [9.17, 15) is 9.59 Å². The van der Waals surface area contributed by atoms with Crippen LogP contribution in [0.3, 0.4) is 0 Å². The van der Waals surface area contributed by atoms with Crippen LogP contribution in [0.25, 0.3) is 16.3 Å². The molecule has 0 unspecified atom stereocenters. The Kier molecular flexibility index (Phi) is 7.02. The first-order chi connectivity index (χ1) is 17.0. The van der Waals surface area contributed by atoms with Crippen molar-refractivity contribution in [2.24, 2.45) is 0 Å². The van der Waals surface area contributed by atoms with Gasteiger partial charge in [0.05, 0.1) is 31.8 Å². The molecule has 5 rings (SSSR count). The number of hydrogen-bond donors (Lipinski definition) is 1. The van der Waals surface area contributed by atoms with Gasteiger partial charge in [0.2, 0.25) is 5.91 Å². The maximum atomic E-state index is 13.5. The van der Waals surface area contributed by atoms with E-state index >= 15 is 0 Å². The fraction of sp³-hybridized carbons (Fsp3) is 0.333. The Bertz CT molecular complexity index is 1390. The molecule has 3 heterocycles. The van der Waals surface area contributed by atoms with Crippen molar-refractivity contribution in [3.63, 3.8) is 0 Å². The zero-order valence-corrected chi connectivity index (χ0v) is 20.4. The molecule has 8 heteroatoms. The first kappa shape index (κ1) is 23.8. The highest BCUT2D eigenvalue weighted by molar-refractivity contribution is 6.30. The molecule has 0 bridgehead atoms. The fourth-order valence-corrected chi connectivity index (χ4v) is 4.86. The van der Waals surface area contributed by atoms with Crippen molar-refractivity contribution in [3.05, 3.63) is 86.3 Å². The van der Waals surface area contributed by atoms with Crippen LogP contribution in [0.5, 0.6) is 0 Å². The van der Waals surface area contributed by atoms with Crippen molar-refractivity contribution in [2.75, 3.05) is 33.4 Å². The summed E-state index contributed by atoms with van der Waals surface area (Å²) < 4.78 is 12.9.